The van der Waals surface area contributed by atoms with Crippen molar-refractivity contribution in [2.75, 3.05) is 33.2 Å². The van der Waals surface area contributed by atoms with Crippen LogP contribution in [0, 0.1) is 0 Å². The maximum atomic E-state index is 6.91. The van der Waals surface area contributed by atoms with E-state index in [0.717, 1.165) is 38.2 Å². The summed E-state index contributed by atoms with van der Waals surface area (Å²) < 4.78 is 0. The van der Waals surface area contributed by atoms with E-state index in [1.165, 1.54) is 5.56 Å². The van der Waals surface area contributed by atoms with Gasteiger partial charge in [0.15, 0.2) is 0 Å². The summed E-state index contributed by atoms with van der Waals surface area (Å²) in [5.41, 5.74) is 8.89. The van der Waals surface area contributed by atoms with Crippen molar-refractivity contribution in [3.63, 3.8) is 0 Å². The molecule has 2 unspecified atom stereocenters. The quantitative estimate of drug-likeness (QED) is 0.844. The first-order valence-electron chi connectivity index (χ1n) is 7.85. The number of hydrogen-bond donors (Lipinski definition) is 1. The van der Waals surface area contributed by atoms with Gasteiger partial charge in [-0.1, -0.05) is 35.9 Å². The monoisotopic (exact) mass is 287 g/mol. The van der Waals surface area contributed by atoms with Crippen molar-refractivity contribution in [3.05, 3.63) is 48.0 Å². The average molecular weight is 287 g/mol. The Hall–Kier alpha value is -1.16. The molecular formula is C18H29N3. The zero-order valence-electron chi connectivity index (χ0n) is 13.7. The van der Waals surface area contributed by atoms with Crippen LogP contribution in [0.2, 0.25) is 0 Å². The van der Waals surface area contributed by atoms with E-state index in [2.05, 4.69) is 61.5 Å². The molecule has 0 radical (unpaired) electrons. The molecule has 116 valence electrons. The van der Waals surface area contributed by atoms with E-state index in [1.54, 1.807) is 0 Å². The number of nitrogens with two attached hydrogens (primary N) is 1. The predicted molar refractivity (Wildman–Crippen MR) is 90.3 cm³/mol. The highest BCUT2D eigenvalue weighted by molar-refractivity contribution is 5.28. The van der Waals surface area contributed by atoms with Crippen LogP contribution >= 0.6 is 0 Å². The molecule has 2 atom stereocenters. The van der Waals surface area contributed by atoms with Gasteiger partial charge >= 0.3 is 0 Å². The molecule has 3 nitrogen and oxygen atoms in total. The first kappa shape index (κ1) is 16.2. The number of nitrogens with zero attached hydrogens (tertiary/aromatic N) is 2. The molecule has 0 amide bonds. The zero-order chi connectivity index (χ0) is 15.5. The Morgan fingerprint density at radius 2 is 1.81 bits per heavy atom. The summed E-state index contributed by atoms with van der Waals surface area (Å²) in [5.74, 6) is 0. The third kappa shape index (κ3) is 3.73. The smallest absolute Gasteiger partial charge is 0.0601 e. The Balaban J connectivity index is 2.25. The van der Waals surface area contributed by atoms with E-state index in [9.17, 15) is 0 Å². The van der Waals surface area contributed by atoms with Crippen molar-refractivity contribution in [3.8, 4) is 0 Å². The lowest BCUT2D eigenvalue weighted by atomic mass is 9.78. The topological polar surface area (TPSA) is 32.5 Å². The van der Waals surface area contributed by atoms with Gasteiger partial charge in [0.25, 0.3) is 0 Å². The van der Waals surface area contributed by atoms with Gasteiger partial charge in [-0.25, -0.2) is 0 Å². The fraction of sp³-hybridized carbons (Fsp3) is 0.556. The maximum Gasteiger partial charge on any atom is 0.0601 e. The second-order valence-electron chi connectivity index (χ2n) is 6.56. The molecule has 1 aromatic rings. The number of benzene rings is 1. The van der Waals surface area contributed by atoms with Gasteiger partial charge in [0.2, 0.25) is 0 Å². The maximum absolute atomic E-state index is 6.91. The van der Waals surface area contributed by atoms with Crippen LogP contribution in [0.3, 0.4) is 0 Å². The molecule has 0 aromatic heterocycles. The fourth-order valence-electron chi connectivity index (χ4n) is 3.27. The molecule has 3 heteroatoms. The molecule has 21 heavy (non-hydrogen) atoms. The van der Waals surface area contributed by atoms with E-state index in [0.29, 0.717) is 6.04 Å². The Bertz CT molecular complexity index is 463. The summed E-state index contributed by atoms with van der Waals surface area (Å²) >= 11 is 0. The molecule has 0 spiro atoms. The Labute approximate surface area is 129 Å². The summed E-state index contributed by atoms with van der Waals surface area (Å²) in [6.45, 7) is 12.8. The van der Waals surface area contributed by atoms with Gasteiger partial charge < -0.3 is 10.6 Å². The molecular weight excluding hydrogens is 258 g/mol. The molecule has 0 bridgehead atoms. The number of likely N-dealkylation sites (N-methyl/N-ethyl adjacent to an activating group) is 1. The zero-order valence-corrected chi connectivity index (χ0v) is 13.7. The highest BCUT2D eigenvalue weighted by Crippen LogP contribution is 2.32. The highest BCUT2D eigenvalue weighted by Gasteiger charge is 2.37. The third-order valence-electron chi connectivity index (χ3n) is 4.74. The van der Waals surface area contributed by atoms with Gasteiger partial charge in [0.1, 0.15) is 0 Å². The van der Waals surface area contributed by atoms with Crippen LogP contribution in [-0.4, -0.2) is 49.1 Å². The van der Waals surface area contributed by atoms with E-state index in [1.807, 2.05) is 6.07 Å². The molecule has 1 fully saturated rings. The van der Waals surface area contributed by atoms with Crippen LogP contribution in [-0.2, 0) is 5.54 Å². The van der Waals surface area contributed by atoms with E-state index in [4.69, 9.17) is 5.73 Å². The number of piperazine rings is 1. The highest BCUT2D eigenvalue weighted by atomic mass is 15.3. The summed E-state index contributed by atoms with van der Waals surface area (Å²) in [7, 11) is 2.18. The number of rotatable bonds is 5. The van der Waals surface area contributed by atoms with Crippen LogP contribution < -0.4 is 5.73 Å². The molecule has 0 saturated carbocycles. The van der Waals surface area contributed by atoms with Crippen LogP contribution in [0.1, 0.15) is 25.8 Å². The van der Waals surface area contributed by atoms with Gasteiger partial charge in [-0.05, 0) is 32.9 Å². The second kappa shape index (κ2) is 6.73. The Morgan fingerprint density at radius 3 is 2.33 bits per heavy atom. The average Bonchev–Trinajstić information content (AvgIpc) is 2.47. The summed E-state index contributed by atoms with van der Waals surface area (Å²) in [5, 5.41) is 0. The van der Waals surface area contributed by atoms with Crippen molar-refractivity contribution in [2.24, 2.45) is 5.73 Å². The molecule has 2 N–H and O–H groups in total. The minimum absolute atomic E-state index is 0.297. The van der Waals surface area contributed by atoms with Gasteiger partial charge in [-0.3, -0.25) is 4.90 Å². The summed E-state index contributed by atoms with van der Waals surface area (Å²) in [6.07, 6.45) is 0.824. The van der Waals surface area contributed by atoms with Crippen molar-refractivity contribution < 1.29 is 0 Å². The first-order chi connectivity index (χ1) is 9.93. The lowest BCUT2D eigenvalue weighted by molar-refractivity contribution is 0.0752. The molecule has 2 rings (SSSR count). The molecule has 1 saturated heterocycles. The van der Waals surface area contributed by atoms with Crippen LogP contribution in [0.4, 0.5) is 0 Å². The summed E-state index contributed by atoms with van der Waals surface area (Å²) in [4.78, 5) is 4.90. The molecule has 1 aliphatic rings. The largest absolute Gasteiger partial charge is 0.320 e. The van der Waals surface area contributed by atoms with E-state index >= 15 is 0 Å². The van der Waals surface area contributed by atoms with Crippen LogP contribution in [0.25, 0.3) is 0 Å². The standard InChI is InChI=1S/C18H29N3/c1-15(2)14-18(19,17-8-6-5-7-9-17)16(3)21-12-10-20(4)11-13-21/h5-9,16H,1,10-14,19H2,2-4H3. The van der Waals surface area contributed by atoms with Crippen molar-refractivity contribution in [2.45, 2.75) is 31.8 Å². The van der Waals surface area contributed by atoms with Crippen molar-refractivity contribution in [1.29, 1.82) is 0 Å². The van der Waals surface area contributed by atoms with Gasteiger partial charge in [0.05, 0.1) is 5.54 Å². The normalized spacial score (nSPS) is 21.7. The minimum Gasteiger partial charge on any atom is -0.320 e. The number of hydrogen-bond acceptors (Lipinski definition) is 3. The fourth-order valence-corrected chi connectivity index (χ4v) is 3.27. The van der Waals surface area contributed by atoms with Crippen molar-refractivity contribution in [1.82, 2.24) is 9.80 Å². The van der Waals surface area contributed by atoms with Gasteiger partial charge in [0, 0.05) is 32.2 Å². The molecule has 1 aromatic carbocycles. The van der Waals surface area contributed by atoms with Crippen LogP contribution in [0.5, 0.6) is 0 Å². The van der Waals surface area contributed by atoms with E-state index in [-0.39, 0.29) is 5.54 Å². The van der Waals surface area contributed by atoms with E-state index < -0.39 is 0 Å². The van der Waals surface area contributed by atoms with Crippen molar-refractivity contribution >= 4 is 0 Å². The first-order valence-corrected chi connectivity index (χ1v) is 7.85. The minimum atomic E-state index is -0.372. The van der Waals surface area contributed by atoms with Gasteiger partial charge in [-0.15, -0.1) is 6.58 Å². The third-order valence-corrected chi connectivity index (χ3v) is 4.74. The van der Waals surface area contributed by atoms with Gasteiger partial charge in [-0.2, -0.15) is 0 Å². The second-order valence-corrected chi connectivity index (χ2v) is 6.56. The molecule has 0 aliphatic carbocycles. The Morgan fingerprint density at radius 1 is 1.24 bits per heavy atom. The molecule has 1 heterocycles. The SMILES string of the molecule is C=C(C)CC(N)(c1ccccc1)C(C)N1CCN(C)CC1. The molecule has 1 aliphatic heterocycles. The summed E-state index contributed by atoms with van der Waals surface area (Å²) in [6, 6.07) is 10.8. The van der Waals surface area contributed by atoms with Crippen LogP contribution in [0.15, 0.2) is 42.5 Å². The lowest BCUT2D eigenvalue weighted by Gasteiger charge is -2.45. The lowest BCUT2D eigenvalue weighted by Crippen LogP contribution is -2.59. The predicted octanol–water partition coefficient (Wildman–Crippen LogP) is 2.44. The Kier molecular flexibility index (Phi) is 5.20.